The Balaban J connectivity index is 1.82. The average molecular weight is 407 g/mol. The van der Waals surface area contributed by atoms with E-state index in [1.54, 1.807) is 32.4 Å². The van der Waals surface area contributed by atoms with E-state index < -0.39 is 0 Å². The maximum atomic E-state index is 12.5. The lowest BCUT2D eigenvalue weighted by molar-refractivity contribution is -0.123. The Kier molecular flexibility index (Phi) is 8.28. The molecule has 1 aliphatic heterocycles. The van der Waals surface area contributed by atoms with Crippen LogP contribution in [0, 0.1) is 0 Å². The zero-order valence-electron chi connectivity index (χ0n) is 18.2. The van der Waals surface area contributed by atoms with Crippen molar-refractivity contribution in [3.63, 3.8) is 0 Å². The molecule has 29 heavy (non-hydrogen) atoms. The van der Waals surface area contributed by atoms with Crippen LogP contribution in [-0.4, -0.2) is 80.6 Å². The normalized spacial score (nSPS) is 16.0. The van der Waals surface area contributed by atoms with Gasteiger partial charge in [-0.05, 0) is 52.4 Å². The standard InChI is InChI=1S/C21H34N4O4/c1-21(2,3)23-20(27)15-25-10-6-9-24(11-12-25)14-19(26)22-16-7-8-17(28-4)18(13-16)29-5/h7-8,13H,6,9-12,14-15H2,1-5H3,(H,22,26)(H,23,27). The van der Waals surface area contributed by atoms with Crippen LogP contribution in [-0.2, 0) is 9.59 Å². The van der Waals surface area contributed by atoms with Crippen LogP contribution in [0.4, 0.5) is 5.69 Å². The summed E-state index contributed by atoms with van der Waals surface area (Å²) in [5.74, 6) is 1.16. The highest BCUT2D eigenvalue weighted by Gasteiger charge is 2.21. The van der Waals surface area contributed by atoms with Gasteiger partial charge in [-0.3, -0.25) is 19.4 Å². The molecule has 0 saturated carbocycles. The first-order valence-corrected chi connectivity index (χ1v) is 9.98. The van der Waals surface area contributed by atoms with Gasteiger partial charge in [-0.25, -0.2) is 0 Å². The molecule has 1 fully saturated rings. The van der Waals surface area contributed by atoms with Crippen molar-refractivity contribution >= 4 is 17.5 Å². The largest absolute Gasteiger partial charge is 0.493 e. The molecule has 8 heteroatoms. The number of methoxy groups -OCH3 is 2. The number of ether oxygens (including phenoxy) is 2. The molecule has 0 unspecified atom stereocenters. The third-order valence-corrected chi connectivity index (χ3v) is 4.60. The van der Waals surface area contributed by atoms with Gasteiger partial charge in [-0.15, -0.1) is 0 Å². The summed E-state index contributed by atoms with van der Waals surface area (Å²) in [7, 11) is 3.14. The monoisotopic (exact) mass is 406 g/mol. The van der Waals surface area contributed by atoms with Crippen molar-refractivity contribution in [2.24, 2.45) is 0 Å². The van der Waals surface area contributed by atoms with E-state index in [9.17, 15) is 9.59 Å². The second kappa shape index (κ2) is 10.5. The zero-order valence-corrected chi connectivity index (χ0v) is 18.2. The van der Waals surface area contributed by atoms with E-state index in [2.05, 4.69) is 20.4 Å². The average Bonchev–Trinajstić information content (AvgIpc) is 2.85. The first kappa shape index (κ1) is 23.0. The van der Waals surface area contributed by atoms with Crippen LogP contribution in [0.2, 0.25) is 0 Å². The van der Waals surface area contributed by atoms with E-state index in [1.807, 2.05) is 20.8 Å². The van der Waals surface area contributed by atoms with E-state index in [1.165, 1.54) is 0 Å². The first-order valence-electron chi connectivity index (χ1n) is 9.98. The maximum absolute atomic E-state index is 12.5. The molecule has 2 rings (SSSR count). The smallest absolute Gasteiger partial charge is 0.238 e. The summed E-state index contributed by atoms with van der Waals surface area (Å²) in [6.07, 6.45) is 0.923. The predicted octanol–water partition coefficient (Wildman–Crippen LogP) is 1.56. The molecule has 0 atom stereocenters. The van der Waals surface area contributed by atoms with Crippen LogP contribution >= 0.6 is 0 Å². The third kappa shape index (κ3) is 7.91. The number of hydrogen-bond donors (Lipinski definition) is 2. The minimum Gasteiger partial charge on any atom is -0.493 e. The van der Waals surface area contributed by atoms with E-state index in [4.69, 9.17) is 9.47 Å². The van der Waals surface area contributed by atoms with Crippen molar-refractivity contribution in [2.75, 3.05) is 58.8 Å². The number of amides is 2. The van der Waals surface area contributed by atoms with Crippen LogP contribution < -0.4 is 20.1 Å². The van der Waals surface area contributed by atoms with Gasteiger partial charge in [0, 0.05) is 30.4 Å². The van der Waals surface area contributed by atoms with Gasteiger partial charge in [0.15, 0.2) is 11.5 Å². The maximum Gasteiger partial charge on any atom is 0.238 e. The molecule has 1 saturated heterocycles. The van der Waals surface area contributed by atoms with E-state index in [-0.39, 0.29) is 17.4 Å². The van der Waals surface area contributed by atoms with Crippen LogP contribution in [0.25, 0.3) is 0 Å². The molecular weight excluding hydrogens is 372 g/mol. The fraction of sp³-hybridized carbons (Fsp3) is 0.619. The SMILES string of the molecule is COc1ccc(NC(=O)CN2CCCN(CC(=O)NC(C)(C)C)CC2)cc1OC. The quantitative estimate of drug-likeness (QED) is 0.715. The van der Waals surface area contributed by atoms with Crippen LogP contribution in [0.1, 0.15) is 27.2 Å². The lowest BCUT2D eigenvalue weighted by Gasteiger charge is -2.25. The van der Waals surface area contributed by atoms with Gasteiger partial charge in [-0.1, -0.05) is 0 Å². The van der Waals surface area contributed by atoms with Crippen molar-refractivity contribution in [1.29, 1.82) is 0 Å². The first-order chi connectivity index (χ1) is 13.7. The molecular formula is C21H34N4O4. The Hall–Kier alpha value is -2.32. The Morgan fingerprint density at radius 3 is 2.07 bits per heavy atom. The van der Waals surface area contributed by atoms with Gasteiger partial charge >= 0.3 is 0 Å². The number of anilines is 1. The number of nitrogens with one attached hydrogen (secondary N) is 2. The number of carbonyl (C=O) groups excluding carboxylic acids is 2. The number of rotatable bonds is 7. The second-order valence-corrected chi connectivity index (χ2v) is 8.32. The highest BCUT2D eigenvalue weighted by Crippen LogP contribution is 2.29. The summed E-state index contributed by atoms with van der Waals surface area (Å²) in [4.78, 5) is 28.9. The number of nitrogens with zero attached hydrogens (tertiary/aromatic N) is 2. The molecule has 8 nitrogen and oxygen atoms in total. The van der Waals surface area contributed by atoms with Crippen LogP contribution in [0.3, 0.4) is 0 Å². The van der Waals surface area contributed by atoms with Gasteiger partial charge < -0.3 is 20.1 Å². The fourth-order valence-electron chi connectivity index (χ4n) is 3.32. The molecule has 2 N–H and O–H groups in total. The van der Waals surface area contributed by atoms with Gasteiger partial charge in [0.05, 0.1) is 27.3 Å². The van der Waals surface area contributed by atoms with Crippen molar-refractivity contribution in [3.05, 3.63) is 18.2 Å². The summed E-state index contributed by atoms with van der Waals surface area (Å²) in [5, 5.41) is 5.91. The molecule has 0 bridgehead atoms. The lowest BCUT2D eigenvalue weighted by Crippen LogP contribution is -2.46. The molecule has 2 amide bonds. The topological polar surface area (TPSA) is 83.1 Å². The van der Waals surface area contributed by atoms with Gasteiger partial charge in [0.1, 0.15) is 0 Å². The third-order valence-electron chi connectivity index (χ3n) is 4.60. The van der Waals surface area contributed by atoms with Crippen LogP contribution in [0.5, 0.6) is 11.5 Å². The van der Waals surface area contributed by atoms with Gasteiger partial charge in [-0.2, -0.15) is 0 Å². The van der Waals surface area contributed by atoms with E-state index >= 15 is 0 Å². The Morgan fingerprint density at radius 2 is 1.52 bits per heavy atom. The van der Waals surface area contributed by atoms with Crippen molar-refractivity contribution < 1.29 is 19.1 Å². The number of carbonyl (C=O) groups is 2. The zero-order chi connectivity index (χ0) is 21.4. The Morgan fingerprint density at radius 1 is 0.931 bits per heavy atom. The highest BCUT2D eigenvalue weighted by atomic mass is 16.5. The highest BCUT2D eigenvalue weighted by molar-refractivity contribution is 5.92. The number of hydrogen-bond acceptors (Lipinski definition) is 6. The van der Waals surface area contributed by atoms with E-state index in [0.717, 1.165) is 32.6 Å². The molecule has 162 valence electrons. The summed E-state index contributed by atoms with van der Waals surface area (Å²) in [6, 6.07) is 5.30. The molecule has 0 aromatic heterocycles. The summed E-state index contributed by atoms with van der Waals surface area (Å²) in [6.45, 7) is 9.84. The Bertz CT molecular complexity index is 702. The van der Waals surface area contributed by atoms with E-state index in [0.29, 0.717) is 30.3 Å². The molecule has 1 aromatic rings. The minimum absolute atomic E-state index is 0.0390. The number of benzene rings is 1. The van der Waals surface area contributed by atoms with Gasteiger partial charge in [0.25, 0.3) is 0 Å². The molecule has 1 heterocycles. The van der Waals surface area contributed by atoms with Crippen LogP contribution in [0.15, 0.2) is 18.2 Å². The lowest BCUT2D eigenvalue weighted by atomic mass is 10.1. The summed E-state index contributed by atoms with van der Waals surface area (Å²) < 4.78 is 10.5. The minimum atomic E-state index is -0.225. The van der Waals surface area contributed by atoms with Crippen molar-refractivity contribution in [2.45, 2.75) is 32.7 Å². The molecule has 0 aliphatic carbocycles. The Labute approximate surface area is 173 Å². The molecule has 1 aromatic carbocycles. The molecule has 0 radical (unpaired) electrons. The predicted molar refractivity (Wildman–Crippen MR) is 114 cm³/mol. The summed E-state index contributed by atoms with van der Waals surface area (Å²) >= 11 is 0. The molecule has 0 spiro atoms. The fourth-order valence-corrected chi connectivity index (χ4v) is 3.32. The van der Waals surface area contributed by atoms with Gasteiger partial charge in [0.2, 0.25) is 11.8 Å². The molecule has 1 aliphatic rings. The summed E-state index contributed by atoms with van der Waals surface area (Å²) in [5.41, 5.74) is 0.444. The van der Waals surface area contributed by atoms with Crippen molar-refractivity contribution in [1.82, 2.24) is 15.1 Å². The second-order valence-electron chi connectivity index (χ2n) is 8.32. The van der Waals surface area contributed by atoms with Crippen molar-refractivity contribution in [3.8, 4) is 11.5 Å².